The number of hydrogen-bond acceptors (Lipinski definition) is 7. The van der Waals surface area contributed by atoms with E-state index in [0.29, 0.717) is 47.9 Å². The van der Waals surface area contributed by atoms with Gasteiger partial charge in [-0.3, -0.25) is 4.79 Å². The number of pyridine rings is 1. The van der Waals surface area contributed by atoms with Gasteiger partial charge < -0.3 is 30.0 Å². The lowest BCUT2D eigenvalue weighted by atomic mass is 9.83. The van der Waals surface area contributed by atoms with Crippen molar-refractivity contribution in [2.75, 3.05) is 6.61 Å². The number of nitrogens with two attached hydrogens (primary N) is 1. The molecule has 0 fully saturated rings. The number of phenolic OH excluding ortho intramolecular Hbond substituents is 2. The Morgan fingerprint density at radius 2 is 1.94 bits per heavy atom. The second kappa shape index (κ2) is 9.24. The summed E-state index contributed by atoms with van der Waals surface area (Å²) >= 11 is 0. The monoisotopic (exact) mass is 459 g/mol. The predicted molar refractivity (Wildman–Crippen MR) is 126 cm³/mol. The molecule has 1 aliphatic heterocycles. The summed E-state index contributed by atoms with van der Waals surface area (Å²) < 4.78 is 13.1. The molecule has 0 aliphatic carbocycles. The number of aromatic nitrogens is 1. The first-order valence-electron chi connectivity index (χ1n) is 10.9. The van der Waals surface area contributed by atoms with Crippen molar-refractivity contribution in [2.45, 2.75) is 32.7 Å². The molecule has 0 unspecified atom stereocenters. The maximum Gasteiger partial charge on any atom is 0.258 e. The highest BCUT2D eigenvalue weighted by Crippen LogP contribution is 2.43. The Balaban J connectivity index is 1.83. The standard InChI is InChI=1S/C26H25N3O5/c1-3-33-21-7-5-4-6-17(21)23-18(14-27)25(28)34-22-12-15(2)29(26(32)24(22)23)11-10-16-8-9-19(30)20(31)13-16/h4-9,12-13,23,30-31H,3,10-11,28H2,1-2H3/t23-/m0/s1. The van der Waals surface area contributed by atoms with Crippen LogP contribution in [0.2, 0.25) is 0 Å². The van der Waals surface area contributed by atoms with E-state index in [0.717, 1.165) is 5.56 Å². The van der Waals surface area contributed by atoms with Crippen molar-refractivity contribution >= 4 is 0 Å². The van der Waals surface area contributed by atoms with Crippen LogP contribution in [0, 0.1) is 18.3 Å². The highest BCUT2D eigenvalue weighted by molar-refractivity contribution is 5.58. The van der Waals surface area contributed by atoms with E-state index in [1.807, 2.05) is 25.1 Å². The molecule has 2 aromatic carbocycles. The number of hydrogen-bond donors (Lipinski definition) is 3. The molecule has 4 N–H and O–H groups in total. The van der Waals surface area contributed by atoms with Crippen LogP contribution in [0.4, 0.5) is 0 Å². The SMILES string of the molecule is CCOc1ccccc1[C@H]1C(C#N)=C(N)Oc2cc(C)n(CCc3ccc(O)c(O)c3)c(=O)c21. The molecule has 0 spiro atoms. The average molecular weight is 460 g/mol. The van der Waals surface area contributed by atoms with Gasteiger partial charge in [0, 0.05) is 23.9 Å². The van der Waals surface area contributed by atoms with Crippen LogP contribution in [-0.4, -0.2) is 21.4 Å². The Labute approximate surface area is 196 Å². The van der Waals surface area contributed by atoms with Gasteiger partial charge in [-0.15, -0.1) is 0 Å². The number of nitrogens with zero attached hydrogens (tertiary/aromatic N) is 2. The number of allylic oxidation sites excluding steroid dienone is 1. The fourth-order valence-corrected chi connectivity index (χ4v) is 4.25. The van der Waals surface area contributed by atoms with E-state index in [4.69, 9.17) is 15.2 Å². The van der Waals surface area contributed by atoms with Gasteiger partial charge in [0.2, 0.25) is 5.88 Å². The van der Waals surface area contributed by atoms with Gasteiger partial charge in [-0.25, -0.2) is 0 Å². The van der Waals surface area contributed by atoms with E-state index in [1.165, 1.54) is 12.1 Å². The third kappa shape index (κ3) is 4.04. The van der Waals surface area contributed by atoms with E-state index in [1.54, 1.807) is 29.7 Å². The van der Waals surface area contributed by atoms with E-state index < -0.39 is 5.92 Å². The molecular formula is C26H25N3O5. The zero-order chi connectivity index (χ0) is 24.4. The van der Waals surface area contributed by atoms with Crippen molar-refractivity contribution in [2.24, 2.45) is 5.73 Å². The summed E-state index contributed by atoms with van der Waals surface area (Å²) in [6, 6.07) is 15.7. The van der Waals surface area contributed by atoms with Gasteiger partial charge in [0.1, 0.15) is 23.1 Å². The van der Waals surface area contributed by atoms with Crippen molar-refractivity contribution in [1.82, 2.24) is 4.57 Å². The first-order valence-corrected chi connectivity index (χ1v) is 10.9. The minimum absolute atomic E-state index is 0.0394. The zero-order valence-electron chi connectivity index (χ0n) is 18.9. The van der Waals surface area contributed by atoms with E-state index in [9.17, 15) is 20.3 Å². The predicted octanol–water partition coefficient (Wildman–Crippen LogP) is 3.43. The van der Waals surface area contributed by atoms with Crippen LogP contribution in [0.25, 0.3) is 0 Å². The lowest BCUT2D eigenvalue weighted by molar-refractivity contribution is 0.334. The van der Waals surface area contributed by atoms with Crippen LogP contribution in [-0.2, 0) is 13.0 Å². The van der Waals surface area contributed by atoms with Gasteiger partial charge >= 0.3 is 0 Å². The molecule has 0 amide bonds. The molecule has 0 bridgehead atoms. The highest BCUT2D eigenvalue weighted by Gasteiger charge is 2.35. The molecule has 1 aromatic heterocycles. The number of para-hydroxylation sites is 1. The summed E-state index contributed by atoms with van der Waals surface area (Å²) in [7, 11) is 0. The zero-order valence-corrected chi connectivity index (χ0v) is 18.9. The summed E-state index contributed by atoms with van der Waals surface area (Å²) in [6.07, 6.45) is 0.442. The van der Waals surface area contributed by atoms with Crippen molar-refractivity contribution in [1.29, 1.82) is 5.26 Å². The van der Waals surface area contributed by atoms with Crippen molar-refractivity contribution in [3.05, 3.63) is 92.7 Å². The van der Waals surface area contributed by atoms with Gasteiger partial charge in [0.25, 0.3) is 5.56 Å². The Kier molecular flexibility index (Phi) is 6.19. The topological polar surface area (TPSA) is 131 Å². The minimum Gasteiger partial charge on any atom is -0.504 e. The van der Waals surface area contributed by atoms with Gasteiger partial charge in [0.15, 0.2) is 11.5 Å². The third-order valence-electron chi connectivity index (χ3n) is 5.88. The number of benzene rings is 2. The van der Waals surface area contributed by atoms with Gasteiger partial charge in [-0.05, 0) is 44.0 Å². The molecule has 8 heteroatoms. The average Bonchev–Trinajstić information content (AvgIpc) is 2.81. The number of rotatable bonds is 6. The maximum absolute atomic E-state index is 13.8. The molecule has 1 aliphatic rings. The molecule has 3 aromatic rings. The van der Waals surface area contributed by atoms with Crippen LogP contribution >= 0.6 is 0 Å². The number of fused-ring (bicyclic) bond motifs is 1. The van der Waals surface area contributed by atoms with Crippen LogP contribution < -0.4 is 20.8 Å². The summed E-state index contributed by atoms with van der Waals surface area (Å²) in [6.45, 7) is 4.40. The Morgan fingerprint density at radius 3 is 2.65 bits per heavy atom. The summed E-state index contributed by atoms with van der Waals surface area (Å²) in [5.41, 5.74) is 8.35. The van der Waals surface area contributed by atoms with Crippen molar-refractivity contribution in [3.63, 3.8) is 0 Å². The lowest BCUT2D eigenvalue weighted by Gasteiger charge is -2.28. The maximum atomic E-state index is 13.8. The Hall–Kier alpha value is -4.38. The third-order valence-corrected chi connectivity index (χ3v) is 5.88. The molecule has 0 radical (unpaired) electrons. The van der Waals surface area contributed by atoms with Crippen LogP contribution in [0.3, 0.4) is 0 Å². The van der Waals surface area contributed by atoms with Crippen molar-refractivity contribution < 1.29 is 19.7 Å². The van der Waals surface area contributed by atoms with Gasteiger partial charge in [-0.1, -0.05) is 24.3 Å². The molecule has 174 valence electrons. The first kappa shape index (κ1) is 22.8. The van der Waals surface area contributed by atoms with Gasteiger partial charge in [-0.2, -0.15) is 5.26 Å². The smallest absolute Gasteiger partial charge is 0.258 e. The molecule has 2 heterocycles. The Morgan fingerprint density at radius 1 is 1.18 bits per heavy atom. The number of aromatic hydroxyl groups is 2. The van der Waals surface area contributed by atoms with Crippen molar-refractivity contribution in [3.8, 4) is 29.1 Å². The number of aryl methyl sites for hydroxylation is 2. The second-order valence-corrected chi connectivity index (χ2v) is 7.99. The fraction of sp³-hybridized carbons (Fsp3) is 0.231. The highest BCUT2D eigenvalue weighted by atomic mass is 16.5. The normalized spacial score (nSPS) is 14.8. The van der Waals surface area contributed by atoms with E-state index >= 15 is 0 Å². The minimum atomic E-state index is -0.742. The number of phenols is 2. The molecular weight excluding hydrogens is 434 g/mol. The van der Waals surface area contributed by atoms with E-state index in [2.05, 4.69) is 6.07 Å². The molecule has 8 nitrogen and oxygen atoms in total. The van der Waals surface area contributed by atoms with E-state index in [-0.39, 0.29) is 28.5 Å². The number of ether oxygens (including phenoxy) is 2. The Bertz CT molecular complexity index is 1380. The quantitative estimate of drug-likeness (QED) is 0.481. The number of nitriles is 1. The van der Waals surface area contributed by atoms with Crippen LogP contribution in [0.15, 0.2) is 64.8 Å². The van der Waals surface area contributed by atoms with Gasteiger partial charge in [0.05, 0.1) is 18.1 Å². The molecule has 1 atom stereocenters. The lowest BCUT2D eigenvalue weighted by Crippen LogP contribution is -2.33. The fourth-order valence-electron chi connectivity index (χ4n) is 4.25. The van der Waals surface area contributed by atoms with Crippen LogP contribution in [0.5, 0.6) is 23.0 Å². The second-order valence-electron chi connectivity index (χ2n) is 7.99. The summed E-state index contributed by atoms with van der Waals surface area (Å²) in [4.78, 5) is 13.8. The molecule has 0 saturated heterocycles. The largest absolute Gasteiger partial charge is 0.504 e. The molecule has 4 rings (SSSR count). The molecule has 34 heavy (non-hydrogen) atoms. The first-order chi connectivity index (χ1) is 16.3. The summed E-state index contributed by atoms with van der Waals surface area (Å²) in [5, 5.41) is 29.2. The van der Waals surface area contributed by atoms with Crippen LogP contribution in [0.1, 0.15) is 35.2 Å². The summed E-state index contributed by atoms with van der Waals surface area (Å²) in [5.74, 6) is -0.321. The molecule has 0 saturated carbocycles.